The van der Waals surface area contributed by atoms with Gasteiger partial charge in [-0.3, -0.25) is 0 Å². The first-order valence-electron chi connectivity index (χ1n) is 9.62. The Morgan fingerprint density at radius 1 is 0.414 bits per heavy atom. The van der Waals surface area contributed by atoms with E-state index in [0.717, 1.165) is 22.3 Å². The van der Waals surface area contributed by atoms with Gasteiger partial charge in [0.2, 0.25) is 0 Å². The maximum Gasteiger partial charge on any atom is 0.0727 e. The Hall–Kier alpha value is -3.92. The molecule has 140 valence electrons. The number of nitrogens with two attached hydrogens (primary N) is 4. The Balaban J connectivity index is 1.88. The van der Waals surface area contributed by atoms with Crippen molar-refractivity contribution < 1.29 is 0 Å². The fraction of sp³-hybridized carbons (Fsp3) is 0.0400. The highest BCUT2D eigenvalue weighted by Crippen LogP contribution is 2.63. The summed E-state index contributed by atoms with van der Waals surface area (Å²) in [4.78, 5) is 0. The van der Waals surface area contributed by atoms with Crippen molar-refractivity contribution in [2.24, 2.45) is 0 Å². The van der Waals surface area contributed by atoms with E-state index in [4.69, 9.17) is 22.9 Å². The smallest absolute Gasteiger partial charge is 0.0727 e. The van der Waals surface area contributed by atoms with Crippen LogP contribution in [-0.2, 0) is 5.41 Å². The van der Waals surface area contributed by atoms with Crippen molar-refractivity contribution >= 4 is 22.7 Å². The van der Waals surface area contributed by atoms with E-state index >= 15 is 0 Å². The highest BCUT2D eigenvalue weighted by molar-refractivity contribution is 5.98. The third-order valence-electron chi connectivity index (χ3n) is 6.50. The molecule has 29 heavy (non-hydrogen) atoms. The van der Waals surface area contributed by atoms with Gasteiger partial charge in [0.25, 0.3) is 0 Å². The normalized spacial score (nSPS) is 14.3. The second-order valence-corrected chi connectivity index (χ2v) is 7.89. The minimum Gasteiger partial charge on any atom is -0.397 e. The predicted octanol–water partition coefficient (Wildman–Crippen LogP) is 4.36. The third kappa shape index (κ3) is 1.74. The summed E-state index contributed by atoms with van der Waals surface area (Å²) < 4.78 is 0. The molecule has 0 fully saturated rings. The highest BCUT2D eigenvalue weighted by Gasteiger charge is 2.52. The average molecular weight is 376 g/mol. The van der Waals surface area contributed by atoms with E-state index in [0.29, 0.717) is 22.7 Å². The molecule has 0 heterocycles. The van der Waals surface area contributed by atoms with E-state index in [1.807, 2.05) is 24.3 Å². The summed E-state index contributed by atoms with van der Waals surface area (Å²) in [7, 11) is 0. The molecule has 0 radical (unpaired) electrons. The van der Waals surface area contributed by atoms with E-state index in [2.05, 4.69) is 48.5 Å². The molecule has 1 spiro atoms. The van der Waals surface area contributed by atoms with E-state index in [1.165, 1.54) is 22.3 Å². The lowest BCUT2D eigenvalue weighted by atomic mass is 9.70. The molecule has 4 nitrogen and oxygen atoms in total. The topological polar surface area (TPSA) is 104 Å². The number of fused-ring (bicyclic) bond motifs is 10. The molecule has 2 aliphatic carbocycles. The largest absolute Gasteiger partial charge is 0.397 e. The quantitative estimate of drug-likeness (QED) is 0.296. The van der Waals surface area contributed by atoms with Gasteiger partial charge in [0.05, 0.1) is 28.2 Å². The van der Waals surface area contributed by atoms with Crippen molar-refractivity contribution in [3.8, 4) is 22.3 Å². The molecule has 6 rings (SSSR count). The van der Waals surface area contributed by atoms with Crippen molar-refractivity contribution in [3.63, 3.8) is 0 Å². The average Bonchev–Trinajstić information content (AvgIpc) is 3.16. The lowest BCUT2D eigenvalue weighted by molar-refractivity contribution is 0.795. The Labute approximate surface area is 168 Å². The Morgan fingerprint density at radius 3 is 1.24 bits per heavy atom. The van der Waals surface area contributed by atoms with Gasteiger partial charge >= 0.3 is 0 Å². The Kier molecular flexibility index (Phi) is 2.83. The molecule has 0 atom stereocenters. The van der Waals surface area contributed by atoms with Gasteiger partial charge in [-0.05, 0) is 68.8 Å². The van der Waals surface area contributed by atoms with Gasteiger partial charge in [-0.15, -0.1) is 0 Å². The van der Waals surface area contributed by atoms with Gasteiger partial charge in [0.15, 0.2) is 0 Å². The molecule has 0 unspecified atom stereocenters. The number of benzene rings is 4. The van der Waals surface area contributed by atoms with Gasteiger partial charge in [-0.2, -0.15) is 0 Å². The van der Waals surface area contributed by atoms with Crippen molar-refractivity contribution in [2.45, 2.75) is 5.41 Å². The van der Waals surface area contributed by atoms with Crippen molar-refractivity contribution in [3.05, 3.63) is 95.1 Å². The maximum atomic E-state index is 6.30. The third-order valence-corrected chi connectivity index (χ3v) is 6.50. The second-order valence-electron chi connectivity index (χ2n) is 7.89. The molecule has 0 aromatic heterocycles. The number of rotatable bonds is 0. The van der Waals surface area contributed by atoms with Gasteiger partial charge < -0.3 is 22.9 Å². The van der Waals surface area contributed by atoms with Crippen molar-refractivity contribution in [1.82, 2.24) is 0 Å². The van der Waals surface area contributed by atoms with E-state index in [9.17, 15) is 0 Å². The Morgan fingerprint density at radius 2 is 0.793 bits per heavy atom. The summed E-state index contributed by atoms with van der Waals surface area (Å²) in [6, 6.07) is 25.1. The van der Waals surface area contributed by atoms with Crippen LogP contribution in [-0.4, -0.2) is 0 Å². The molecule has 4 heteroatoms. The van der Waals surface area contributed by atoms with Crippen LogP contribution in [0.15, 0.2) is 72.8 Å². The fourth-order valence-corrected chi connectivity index (χ4v) is 5.29. The molecular weight excluding hydrogens is 356 g/mol. The highest BCUT2D eigenvalue weighted by atomic mass is 14.7. The summed E-state index contributed by atoms with van der Waals surface area (Å²) >= 11 is 0. The van der Waals surface area contributed by atoms with Gasteiger partial charge in [-0.1, -0.05) is 48.5 Å². The molecule has 8 N–H and O–H groups in total. The molecule has 0 bridgehead atoms. The standard InChI is InChI=1S/C25H20N4/c26-21-9-15-16-10-22(27)24(29)12-20(16)25(19(15)11-23(21)28)17-7-3-1-5-13(17)14-6-2-4-8-18(14)25/h1-12H,26-29H2. The zero-order valence-corrected chi connectivity index (χ0v) is 15.7. The first kappa shape index (κ1) is 16.1. The first-order chi connectivity index (χ1) is 14.0. The van der Waals surface area contributed by atoms with E-state index in [-0.39, 0.29) is 0 Å². The zero-order valence-electron chi connectivity index (χ0n) is 15.7. The van der Waals surface area contributed by atoms with Crippen LogP contribution in [0.3, 0.4) is 0 Å². The lowest BCUT2D eigenvalue weighted by Gasteiger charge is -2.31. The predicted molar refractivity (Wildman–Crippen MR) is 120 cm³/mol. The molecule has 4 aromatic rings. The van der Waals surface area contributed by atoms with Gasteiger partial charge in [0, 0.05) is 0 Å². The van der Waals surface area contributed by atoms with Crippen molar-refractivity contribution in [1.29, 1.82) is 0 Å². The number of anilines is 4. The fourth-order valence-electron chi connectivity index (χ4n) is 5.29. The molecule has 2 aliphatic rings. The van der Waals surface area contributed by atoms with Crippen LogP contribution >= 0.6 is 0 Å². The summed E-state index contributed by atoms with van der Waals surface area (Å²) in [5.74, 6) is 0. The van der Waals surface area contributed by atoms with Crippen LogP contribution in [0.2, 0.25) is 0 Å². The van der Waals surface area contributed by atoms with Crippen LogP contribution in [0, 0.1) is 0 Å². The van der Waals surface area contributed by atoms with Crippen LogP contribution in [0.5, 0.6) is 0 Å². The van der Waals surface area contributed by atoms with Crippen LogP contribution < -0.4 is 22.9 Å². The minimum absolute atomic E-state index is 0.485. The number of hydrogen-bond donors (Lipinski definition) is 4. The monoisotopic (exact) mass is 376 g/mol. The summed E-state index contributed by atoms with van der Waals surface area (Å²) in [6.45, 7) is 0. The van der Waals surface area contributed by atoms with Gasteiger partial charge in [-0.25, -0.2) is 0 Å². The Bertz CT molecular complexity index is 1250. The van der Waals surface area contributed by atoms with E-state index in [1.54, 1.807) is 0 Å². The van der Waals surface area contributed by atoms with E-state index < -0.39 is 5.41 Å². The maximum absolute atomic E-state index is 6.30. The lowest BCUT2D eigenvalue weighted by Crippen LogP contribution is -2.26. The summed E-state index contributed by atoms with van der Waals surface area (Å²) in [5, 5.41) is 0. The molecule has 0 saturated heterocycles. The zero-order chi connectivity index (χ0) is 19.9. The molecule has 0 aliphatic heterocycles. The molecular formula is C25H20N4. The number of nitrogen functional groups attached to an aromatic ring is 4. The molecule has 4 aromatic carbocycles. The summed E-state index contributed by atoms with van der Waals surface area (Å²) in [5.41, 5.74) is 36.2. The summed E-state index contributed by atoms with van der Waals surface area (Å²) in [6.07, 6.45) is 0. The van der Waals surface area contributed by atoms with Gasteiger partial charge in [0.1, 0.15) is 0 Å². The van der Waals surface area contributed by atoms with Crippen LogP contribution in [0.25, 0.3) is 22.3 Å². The second kappa shape index (κ2) is 5.11. The number of hydrogen-bond acceptors (Lipinski definition) is 4. The molecule has 0 saturated carbocycles. The van der Waals surface area contributed by atoms with Crippen molar-refractivity contribution in [2.75, 3.05) is 22.9 Å². The molecule has 0 amide bonds. The first-order valence-corrected chi connectivity index (χ1v) is 9.62. The van der Waals surface area contributed by atoms with Crippen LogP contribution in [0.1, 0.15) is 22.3 Å². The minimum atomic E-state index is -0.485. The SMILES string of the molecule is Nc1cc2c(cc1N)C1(c3ccccc3-c3ccccc31)c1cc(N)c(N)cc1-2. The van der Waals surface area contributed by atoms with Crippen LogP contribution in [0.4, 0.5) is 22.7 Å².